The number of primary amides is 1. The molecule has 0 radical (unpaired) electrons. The second-order valence-electron chi connectivity index (χ2n) is 5.71. The number of nitrogens with two attached hydrogens (primary N) is 1. The monoisotopic (exact) mass is 397 g/mol. The van der Waals surface area contributed by atoms with Crippen molar-refractivity contribution in [2.75, 3.05) is 0 Å². The average molecular weight is 398 g/mol. The van der Waals surface area contributed by atoms with Crippen molar-refractivity contribution in [1.29, 1.82) is 0 Å². The van der Waals surface area contributed by atoms with E-state index in [1.807, 2.05) is 19.9 Å². The molecule has 0 saturated carbocycles. The fourth-order valence-electron chi connectivity index (χ4n) is 2.24. The Morgan fingerprint density at radius 2 is 1.76 bits per heavy atom. The van der Waals surface area contributed by atoms with Gasteiger partial charge < -0.3 is 5.73 Å². The van der Waals surface area contributed by atoms with Crippen molar-refractivity contribution in [1.82, 2.24) is 0 Å². The SMILES string of the molecule is Cc1ccc(/C=C(/C(N)=O)S(=O)(=O)Cc2ccc(Cl)cc2Cl)cc1C. The maximum absolute atomic E-state index is 12.7. The summed E-state index contributed by atoms with van der Waals surface area (Å²) in [5.74, 6) is -1.45. The smallest absolute Gasteiger partial charge is 0.260 e. The molecule has 0 spiro atoms. The molecule has 0 aliphatic heterocycles. The van der Waals surface area contributed by atoms with E-state index in [9.17, 15) is 13.2 Å². The maximum Gasteiger partial charge on any atom is 0.260 e. The van der Waals surface area contributed by atoms with Crippen LogP contribution in [0.15, 0.2) is 41.3 Å². The molecule has 2 N–H and O–H groups in total. The van der Waals surface area contributed by atoms with Crippen LogP contribution in [0.1, 0.15) is 22.3 Å². The molecule has 0 unspecified atom stereocenters. The zero-order chi connectivity index (χ0) is 18.8. The molecule has 132 valence electrons. The van der Waals surface area contributed by atoms with Crippen molar-refractivity contribution >= 4 is 45.0 Å². The van der Waals surface area contributed by atoms with E-state index < -0.39 is 26.4 Å². The molecule has 4 nitrogen and oxygen atoms in total. The van der Waals surface area contributed by atoms with Gasteiger partial charge in [0.2, 0.25) is 0 Å². The van der Waals surface area contributed by atoms with Crippen LogP contribution in [0.5, 0.6) is 0 Å². The first-order valence-electron chi connectivity index (χ1n) is 7.35. The highest BCUT2D eigenvalue weighted by atomic mass is 35.5. The first-order chi connectivity index (χ1) is 11.6. The van der Waals surface area contributed by atoms with E-state index in [0.29, 0.717) is 16.1 Å². The van der Waals surface area contributed by atoms with E-state index in [1.54, 1.807) is 12.1 Å². The van der Waals surface area contributed by atoms with Crippen molar-refractivity contribution in [3.8, 4) is 0 Å². The summed E-state index contributed by atoms with van der Waals surface area (Å²) in [6.07, 6.45) is 1.29. The third kappa shape index (κ3) is 4.84. The molecule has 2 rings (SSSR count). The van der Waals surface area contributed by atoms with Gasteiger partial charge in [-0.15, -0.1) is 0 Å². The standard InChI is InChI=1S/C18H17Cl2NO3S/c1-11-3-4-13(7-12(11)2)8-17(18(21)22)25(23,24)10-14-5-6-15(19)9-16(14)20/h3-9H,10H2,1-2H3,(H2,21,22)/b17-8-. The molecule has 0 atom stereocenters. The number of hydrogen-bond acceptors (Lipinski definition) is 3. The first-order valence-corrected chi connectivity index (χ1v) is 9.76. The Morgan fingerprint density at radius 1 is 1.08 bits per heavy atom. The topological polar surface area (TPSA) is 77.2 Å². The lowest BCUT2D eigenvalue weighted by molar-refractivity contribution is -0.113. The summed E-state index contributed by atoms with van der Waals surface area (Å²) in [7, 11) is -3.97. The van der Waals surface area contributed by atoms with Gasteiger partial charge in [0, 0.05) is 10.0 Å². The highest BCUT2D eigenvalue weighted by Gasteiger charge is 2.24. The van der Waals surface area contributed by atoms with Gasteiger partial charge in [0.05, 0.1) is 5.75 Å². The Bertz CT molecular complexity index is 966. The zero-order valence-electron chi connectivity index (χ0n) is 13.7. The van der Waals surface area contributed by atoms with E-state index in [2.05, 4.69) is 0 Å². The van der Waals surface area contributed by atoms with E-state index in [0.717, 1.165) is 11.1 Å². The van der Waals surface area contributed by atoms with Crippen LogP contribution in [0, 0.1) is 13.8 Å². The van der Waals surface area contributed by atoms with Crippen LogP contribution in [0.4, 0.5) is 0 Å². The molecule has 0 saturated heterocycles. The van der Waals surface area contributed by atoms with Crippen molar-refractivity contribution < 1.29 is 13.2 Å². The summed E-state index contributed by atoms with van der Waals surface area (Å²) >= 11 is 11.9. The number of sulfone groups is 1. The van der Waals surface area contributed by atoms with Crippen LogP contribution >= 0.6 is 23.2 Å². The Labute approximate surface area is 157 Å². The predicted octanol–water partition coefficient (Wildman–Crippen LogP) is 4.05. The molecule has 2 aromatic carbocycles. The Kier molecular flexibility index (Phi) is 5.93. The summed E-state index contributed by atoms with van der Waals surface area (Å²) < 4.78 is 25.3. The van der Waals surface area contributed by atoms with Gasteiger partial charge in [0.25, 0.3) is 5.91 Å². The zero-order valence-corrected chi connectivity index (χ0v) is 16.0. The van der Waals surface area contributed by atoms with Crippen molar-refractivity contribution in [2.45, 2.75) is 19.6 Å². The molecule has 2 aromatic rings. The first kappa shape index (κ1) is 19.5. The van der Waals surface area contributed by atoms with Gasteiger partial charge in [0.15, 0.2) is 9.84 Å². The minimum absolute atomic E-state index is 0.214. The van der Waals surface area contributed by atoms with E-state index >= 15 is 0 Å². The van der Waals surface area contributed by atoms with Crippen molar-refractivity contribution in [3.05, 3.63) is 73.6 Å². The third-order valence-electron chi connectivity index (χ3n) is 3.77. The Hall–Kier alpha value is -1.82. The van der Waals surface area contributed by atoms with Gasteiger partial charge in [0.1, 0.15) is 4.91 Å². The van der Waals surface area contributed by atoms with E-state index in [4.69, 9.17) is 28.9 Å². The Balaban J connectivity index is 2.45. The lowest BCUT2D eigenvalue weighted by Gasteiger charge is -2.09. The molecular formula is C18H17Cl2NO3S. The lowest BCUT2D eigenvalue weighted by atomic mass is 10.1. The minimum atomic E-state index is -3.97. The van der Waals surface area contributed by atoms with Gasteiger partial charge >= 0.3 is 0 Å². The number of carbonyl (C=O) groups excluding carboxylic acids is 1. The minimum Gasteiger partial charge on any atom is -0.365 e. The number of halogens is 2. The molecular weight excluding hydrogens is 381 g/mol. The van der Waals surface area contributed by atoms with Crippen LogP contribution in [0.2, 0.25) is 10.0 Å². The van der Waals surface area contributed by atoms with Gasteiger partial charge in [-0.05, 0) is 54.3 Å². The number of amides is 1. The van der Waals surface area contributed by atoms with Crippen molar-refractivity contribution in [3.63, 3.8) is 0 Å². The average Bonchev–Trinajstić information content (AvgIpc) is 2.50. The molecule has 0 bridgehead atoms. The van der Waals surface area contributed by atoms with Gasteiger partial charge in [-0.2, -0.15) is 0 Å². The van der Waals surface area contributed by atoms with Crippen LogP contribution in [-0.2, 0) is 20.4 Å². The highest BCUT2D eigenvalue weighted by Crippen LogP contribution is 2.26. The Morgan fingerprint density at radius 3 is 2.32 bits per heavy atom. The van der Waals surface area contributed by atoms with Gasteiger partial charge in [-0.25, -0.2) is 8.42 Å². The lowest BCUT2D eigenvalue weighted by Crippen LogP contribution is -2.22. The number of benzene rings is 2. The molecule has 25 heavy (non-hydrogen) atoms. The summed E-state index contributed by atoms with van der Waals surface area (Å²) in [5, 5.41) is 0.609. The second-order valence-corrected chi connectivity index (χ2v) is 8.51. The van der Waals surface area contributed by atoms with Gasteiger partial charge in [-0.3, -0.25) is 4.79 Å². The van der Waals surface area contributed by atoms with E-state index in [1.165, 1.54) is 24.3 Å². The molecule has 7 heteroatoms. The predicted molar refractivity (Wildman–Crippen MR) is 102 cm³/mol. The van der Waals surface area contributed by atoms with Crippen molar-refractivity contribution in [2.24, 2.45) is 5.73 Å². The van der Waals surface area contributed by atoms with Crippen LogP contribution < -0.4 is 5.73 Å². The summed E-state index contributed by atoms with van der Waals surface area (Å²) in [5.41, 5.74) is 8.29. The fraction of sp³-hybridized carbons (Fsp3) is 0.167. The van der Waals surface area contributed by atoms with E-state index in [-0.39, 0.29) is 5.02 Å². The normalized spacial score (nSPS) is 12.2. The molecule has 0 heterocycles. The number of carbonyl (C=O) groups is 1. The molecule has 0 aromatic heterocycles. The van der Waals surface area contributed by atoms with Crippen LogP contribution in [0.25, 0.3) is 6.08 Å². The quantitative estimate of drug-likeness (QED) is 0.772. The number of aryl methyl sites for hydroxylation is 2. The van der Waals surface area contributed by atoms with Crippen LogP contribution in [-0.4, -0.2) is 14.3 Å². The molecule has 0 fully saturated rings. The van der Waals surface area contributed by atoms with Crippen LogP contribution in [0.3, 0.4) is 0 Å². The largest absolute Gasteiger partial charge is 0.365 e. The summed E-state index contributed by atoms with van der Waals surface area (Å²) in [4.78, 5) is 11.3. The fourth-order valence-corrected chi connectivity index (χ4v) is 4.23. The second kappa shape index (κ2) is 7.60. The molecule has 0 aliphatic rings. The summed E-state index contributed by atoms with van der Waals surface area (Å²) in [6.45, 7) is 3.84. The summed E-state index contributed by atoms with van der Waals surface area (Å²) in [6, 6.07) is 9.87. The highest BCUT2D eigenvalue weighted by molar-refractivity contribution is 7.95. The molecule has 1 amide bonds. The number of rotatable bonds is 5. The number of hydrogen-bond donors (Lipinski definition) is 1. The maximum atomic E-state index is 12.7. The third-order valence-corrected chi connectivity index (χ3v) is 6.03. The van der Waals surface area contributed by atoms with Gasteiger partial charge in [-0.1, -0.05) is 47.5 Å². The molecule has 0 aliphatic carbocycles.